The van der Waals surface area contributed by atoms with Gasteiger partial charge in [-0.3, -0.25) is 9.59 Å². The second-order valence-corrected chi connectivity index (χ2v) is 6.73. The zero-order chi connectivity index (χ0) is 16.5. The van der Waals surface area contributed by atoms with Crippen LogP contribution in [-0.4, -0.2) is 29.7 Å². The number of unbranched alkanes of at least 4 members (excludes halogenated alkanes) is 5. The Balaban J connectivity index is 3.66. The molecule has 0 saturated carbocycles. The molecule has 124 valence electrons. The maximum absolute atomic E-state index is 11.5. The van der Waals surface area contributed by atoms with E-state index in [4.69, 9.17) is 5.73 Å². The van der Waals surface area contributed by atoms with Crippen LogP contribution in [0.4, 0.5) is 0 Å². The molecule has 0 spiro atoms. The average molecular weight is 298 g/mol. The molecule has 0 aliphatic heterocycles. The summed E-state index contributed by atoms with van der Waals surface area (Å²) >= 11 is 0. The van der Waals surface area contributed by atoms with Crippen molar-refractivity contribution >= 4 is 11.6 Å². The van der Waals surface area contributed by atoms with Crippen LogP contribution >= 0.6 is 0 Å². The highest BCUT2D eigenvalue weighted by molar-refractivity contribution is 5.85. The van der Waals surface area contributed by atoms with Crippen LogP contribution in [0.5, 0.6) is 0 Å². The number of hydrogen-bond donors (Lipinski definition) is 2. The van der Waals surface area contributed by atoms with Crippen molar-refractivity contribution < 1.29 is 9.59 Å². The van der Waals surface area contributed by atoms with Gasteiger partial charge in [-0.2, -0.15) is 0 Å². The lowest BCUT2D eigenvalue weighted by Gasteiger charge is -2.26. The molecule has 4 nitrogen and oxygen atoms in total. The molecular formula is C17H34N2O2. The summed E-state index contributed by atoms with van der Waals surface area (Å²) in [5, 5.41) is 3.12. The lowest BCUT2D eigenvalue weighted by molar-refractivity contribution is -0.123. The Bertz CT molecular complexity index is 340. The molecule has 0 radical (unpaired) electrons. The standard InChI is InChI=1S/C17H34N2O2/c1-14(20)16(3,18)12-10-8-6-7-9-11-13-17(4,19-5)15(2)21/h19H,6-13,18H2,1-5H3. The van der Waals surface area contributed by atoms with Gasteiger partial charge in [0.15, 0.2) is 0 Å². The van der Waals surface area contributed by atoms with E-state index in [2.05, 4.69) is 5.32 Å². The fraction of sp³-hybridized carbons (Fsp3) is 0.882. The maximum atomic E-state index is 11.5. The molecule has 0 heterocycles. The highest BCUT2D eigenvalue weighted by Crippen LogP contribution is 2.18. The number of carbonyl (C=O) groups is 2. The molecule has 0 saturated heterocycles. The number of nitrogens with one attached hydrogen (secondary N) is 1. The molecule has 0 aromatic rings. The van der Waals surface area contributed by atoms with Crippen LogP contribution in [-0.2, 0) is 9.59 Å². The molecular weight excluding hydrogens is 264 g/mol. The van der Waals surface area contributed by atoms with Crippen LogP contribution in [0.2, 0.25) is 0 Å². The van der Waals surface area contributed by atoms with Crippen molar-refractivity contribution in [3.63, 3.8) is 0 Å². The molecule has 0 amide bonds. The highest BCUT2D eigenvalue weighted by atomic mass is 16.1. The Morgan fingerprint density at radius 3 is 1.67 bits per heavy atom. The Kier molecular flexibility index (Phi) is 8.98. The van der Waals surface area contributed by atoms with E-state index >= 15 is 0 Å². The number of rotatable bonds is 12. The summed E-state index contributed by atoms with van der Waals surface area (Å²) in [4.78, 5) is 22.8. The molecule has 21 heavy (non-hydrogen) atoms. The lowest BCUT2D eigenvalue weighted by Crippen LogP contribution is -2.46. The Hall–Kier alpha value is -0.740. The second-order valence-electron chi connectivity index (χ2n) is 6.73. The van der Waals surface area contributed by atoms with Gasteiger partial charge < -0.3 is 11.1 Å². The summed E-state index contributed by atoms with van der Waals surface area (Å²) in [7, 11) is 1.85. The first kappa shape index (κ1) is 20.3. The van der Waals surface area contributed by atoms with Crippen molar-refractivity contribution in [2.24, 2.45) is 5.73 Å². The number of Topliss-reactive ketones (excluding diaryl/α,β-unsaturated/α-hetero) is 2. The topological polar surface area (TPSA) is 72.2 Å². The van der Waals surface area contributed by atoms with Crippen LogP contribution in [0.1, 0.15) is 79.1 Å². The van der Waals surface area contributed by atoms with Gasteiger partial charge in [0.05, 0.1) is 11.1 Å². The Labute approximate surface area is 130 Å². The van der Waals surface area contributed by atoms with Crippen LogP contribution in [0.3, 0.4) is 0 Å². The van der Waals surface area contributed by atoms with E-state index in [1.54, 1.807) is 13.8 Å². The van der Waals surface area contributed by atoms with Gasteiger partial charge in [0.2, 0.25) is 0 Å². The van der Waals surface area contributed by atoms with E-state index in [1.807, 2.05) is 20.9 Å². The summed E-state index contributed by atoms with van der Waals surface area (Å²) < 4.78 is 0. The fourth-order valence-corrected chi connectivity index (χ4v) is 2.33. The van der Waals surface area contributed by atoms with E-state index in [1.165, 1.54) is 12.8 Å². The highest BCUT2D eigenvalue weighted by Gasteiger charge is 2.26. The molecule has 4 heteroatoms. The van der Waals surface area contributed by atoms with E-state index in [9.17, 15) is 9.59 Å². The second kappa shape index (κ2) is 9.31. The number of hydrogen-bond acceptors (Lipinski definition) is 4. The first-order chi connectivity index (χ1) is 9.65. The zero-order valence-electron chi connectivity index (χ0n) is 14.6. The molecule has 2 atom stereocenters. The third-order valence-corrected chi connectivity index (χ3v) is 4.76. The van der Waals surface area contributed by atoms with Gasteiger partial charge in [-0.15, -0.1) is 0 Å². The minimum atomic E-state index is -0.657. The molecule has 0 fully saturated rings. The molecule has 0 aliphatic carbocycles. The van der Waals surface area contributed by atoms with Crippen molar-refractivity contribution in [2.45, 2.75) is 90.1 Å². The molecule has 2 unspecified atom stereocenters. The van der Waals surface area contributed by atoms with E-state index in [-0.39, 0.29) is 17.1 Å². The summed E-state index contributed by atoms with van der Waals surface area (Å²) in [5.74, 6) is 0.273. The Morgan fingerprint density at radius 2 is 1.29 bits per heavy atom. The van der Waals surface area contributed by atoms with Crippen LogP contribution in [0.15, 0.2) is 0 Å². The van der Waals surface area contributed by atoms with Gasteiger partial charge in [-0.25, -0.2) is 0 Å². The minimum Gasteiger partial charge on any atom is -0.319 e. The number of likely N-dealkylation sites (N-methyl/N-ethyl adjacent to an activating group) is 1. The number of carbonyl (C=O) groups excluding carboxylic acids is 2. The first-order valence-corrected chi connectivity index (χ1v) is 8.15. The van der Waals surface area contributed by atoms with Crippen LogP contribution in [0.25, 0.3) is 0 Å². The third kappa shape index (κ3) is 7.72. The Morgan fingerprint density at radius 1 is 0.857 bits per heavy atom. The molecule has 0 aromatic carbocycles. The van der Waals surface area contributed by atoms with E-state index < -0.39 is 5.54 Å². The predicted octanol–water partition coefficient (Wildman–Crippen LogP) is 2.98. The van der Waals surface area contributed by atoms with E-state index in [0.29, 0.717) is 0 Å². The van der Waals surface area contributed by atoms with E-state index in [0.717, 1.165) is 38.5 Å². The summed E-state index contributed by atoms with van der Waals surface area (Å²) in [6.07, 6.45) is 8.36. The van der Waals surface area contributed by atoms with Crippen molar-refractivity contribution in [1.82, 2.24) is 5.32 Å². The predicted molar refractivity (Wildman–Crippen MR) is 88.4 cm³/mol. The SMILES string of the molecule is CNC(C)(CCCCCCCCC(C)(N)C(C)=O)C(C)=O. The van der Waals surface area contributed by atoms with Gasteiger partial charge in [0, 0.05) is 0 Å². The van der Waals surface area contributed by atoms with Crippen molar-refractivity contribution in [3.05, 3.63) is 0 Å². The van der Waals surface area contributed by atoms with Gasteiger partial charge in [0.25, 0.3) is 0 Å². The quantitative estimate of drug-likeness (QED) is 0.543. The number of nitrogens with two attached hydrogens (primary N) is 1. The normalized spacial score (nSPS) is 17.0. The zero-order valence-corrected chi connectivity index (χ0v) is 14.6. The largest absolute Gasteiger partial charge is 0.319 e. The van der Waals surface area contributed by atoms with Crippen molar-refractivity contribution in [1.29, 1.82) is 0 Å². The molecule has 0 aromatic heterocycles. The third-order valence-electron chi connectivity index (χ3n) is 4.76. The molecule has 3 N–H and O–H groups in total. The fourth-order valence-electron chi connectivity index (χ4n) is 2.33. The average Bonchev–Trinajstić information content (AvgIpc) is 2.40. The van der Waals surface area contributed by atoms with Gasteiger partial charge in [0.1, 0.15) is 11.6 Å². The van der Waals surface area contributed by atoms with Crippen LogP contribution in [0, 0.1) is 0 Å². The molecule has 0 bridgehead atoms. The van der Waals surface area contributed by atoms with Crippen LogP contribution < -0.4 is 11.1 Å². The monoisotopic (exact) mass is 298 g/mol. The number of ketones is 2. The lowest BCUT2D eigenvalue weighted by atomic mass is 9.90. The summed E-state index contributed by atoms with van der Waals surface area (Å²) in [5.41, 5.74) is 4.90. The summed E-state index contributed by atoms with van der Waals surface area (Å²) in [6, 6.07) is 0. The van der Waals surface area contributed by atoms with Gasteiger partial charge in [-0.1, -0.05) is 38.5 Å². The van der Waals surface area contributed by atoms with Gasteiger partial charge >= 0.3 is 0 Å². The first-order valence-electron chi connectivity index (χ1n) is 8.15. The molecule has 0 aliphatic rings. The minimum absolute atomic E-state index is 0.0677. The van der Waals surface area contributed by atoms with Crippen molar-refractivity contribution in [3.8, 4) is 0 Å². The smallest absolute Gasteiger partial charge is 0.149 e. The summed E-state index contributed by atoms with van der Waals surface area (Å²) in [6.45, 7) is 7.00. The maximum Gasteiger partial charge on any atom is 0.149 e. The van der Waals surface area contributed by atoms with Crippen molar-refractivity contribution in [2.75, 3.05) is 7.05 Å². The van der Waals surface area contributed by atoms with Gasteiger partial charge in [-0.05, 0) is 47.6 Å². The molecule has 0 rings (SSSR count).